The van der Waals surface area contributed by atoms with E-state index in [2.05, 4.69) is 4.52 Å². The SMILES string of the molecule is O=c1ccn([C@@H]2O[C@H](COP(=O)(O)O[C@H]3[C@@H](O)[C@H](n4ccc(=O)[nH]c4=O)O[C@@H]3COP(=O)(O)O[C@H]3[C@@H](O)[C@H](n4ccc(=O)[nH]c4=O)O[C@@H]3COP(=O)(O)O[C@H]3[C@@H](O)[C@H](n4ccc(=O)[nH]c4=O)O[C@@H]3COP(=O)(O)O[C@H]3[C@@H](O)[C@H](n4ccc(=O)[nH]c4=O)O[C@@H]3COP(=O)(O)O[C@H]3[C@@H](O)[C@H](n4ccc(=O)[nH]c4=O)O[C@@H]3COP(=O)(O)O[C@H]3[C@@H](O)[C@H](n4ccc(=O)[nH]c4=O)O[C@@H]3COP(=O)(O)O)[C@@H](O)[C@H]2O)c(=O)[nH]1. The van der Waals surface area contributed by atoms with E-state index in [1.807, 2.05) is 15.0 Å². The number of aliphatic hydroxyl groups excluding tert-OH is 8. The number of ether oxygens (including phenoxy) is 7. The van der Waals surface area contributed by atoms with Crippen LogP contribution in [0, 0.1) is 0 Å². The quantitative estimate of drug-likeness (QED) is 0.0159. The normalized spacial score (nSPS) is 33.3. The molecule has 7 aromatic rings. The van der Waals surface area contributed by atoms with E-state index in [1.54, 1.807) is 19.9 Å². The lowest BCUT2D eigenvalue weighted by Gasteiger charge is -2.27. The highest BCUT2D eigenvalue weighted by Crippen LogP contribution is 2.58. The van der Waals surface area contributed by atoms with E-state index in [9.17, 15) is 179 Å². The van der Waals surface area contributed by atoms with Crippen LogP contribution in [0.1, 0.15) is 43.6 Å². The van der Waals surface area contributed by atoms with Crippen LogP contribution >= 0.6 is 54.8 Å². The Labute approximate surface area is 772 Å². The molecule has 23 N–H and O–H groups in total. The van der Waals surface area contributed by atoms with Gasteiger partial charge < -0.3 is 113 Å². The lowest BCUT2D eigenvalue weighted by molar-refractivity contribution is -0.0672. The Morgan fingerprint density at radius 2 is 0.362 bits per heavy atom. The minimum Gasteiger partial charge on any atom is -0.387 e. The molecule has 78 heteroatoms. The fourth-order valence-corrected chi connectivity index (χ4v) is 21.2. The highest BCUT2D eigenvalue weighted by molar-refractivity contribution is 7.49. The molecule has 0 spiro atoms. The zero-order chi connectivity index (χ0) is 103. The first-order valence-electron chi connectivity index (χ1n) is 39.8. The van der Waals surface area contributed by atoms with Crippen LogP contribution in [0.4, 0.5) is 0 Å². The average molecular weight is 2160 g/mol. The zero-order valence-electron chi connectivity index (χ0n) is 69.9. The molecule has 0 aliphatic carbocycles. The third-order valence-corrected chi connectivity index (χ3v) is 27.8. The summed E-state index contributed by atoms with van der Waals surface area (Å²) in [5, 5.41) is 91.6. The molecular formula is C63H79N14O57P7. The topological polar surface area (TPSA) is 1010 Å². The van der Waals surface area contributed by atoms with E-state index in [1.165, 1.54) is 0 Å². The maximum absolute atomic E-state index is 14.4. The number of H-pyrrole nitrogens is 7. The molecule has 14 rings (SSSR count). The molecule has 7 fully saturated rings. The fourth-order valence-electron chi connectivity index (χ4n) is 15.1. The van der Waals surface area contributed by atoms with Crippen LogP contribution in [0.3, 0.4) is 0 Å². The summed E-state index contributed by atoms with van der Waals surface area (Å²) in [7, 11) is -41.7. The largest absolute Gasteiger partial charge is 0.472 e. The van der Waals surface area contributed by atoms with Crippen molar-refractivity contribution in [1.29, 1.82) is 0 Å². The second-order valence-corrected chi connectivity index (χ2v) is 40.5. The van der Waals surface area contributed by atoms with Gasteiger partial charge in [0.15, 0.2) is 43.6 Å². The van der Waals surface area contributed by atoms with Crippen molar-refractivity contribution >= 4 is 54.8 Å². The van der Waals surface area contributed by atoms with Crippen molar-refractivity contribution in [2.75, 3.05) is 46.2 Å². The summed E-state index contributed by atoms with van der Waals surface area (Å²) in [6.45, 7) is -10.4. The van der Waals surface area contributed by atoms with E-state index in [-0.39, 0.29) is 0 Å². The third-order valence-electron chi connectivity index (χ3n) is 21.4. The first-order valence-corrected chi connectivity index (χ1v) is 50.3. The Morgan fingerprint density at radius 1 is 0.220 bits per heavy atom. The number of aromatic amines is 7. The minimum atomic E-state index is -6.20. The molecule has 7 saturated heterocycles. The number of nitrogens with one attached hydrogen (secondary N) is 7. The van der Waals surface area contributed by atoms with Gasteiger partial charge in [0.25, 0.3) is 38.9 Å². The Balaban J connectivity index is 0.673. The number of rotatable bonds is 40. The lowest BCUT2D eigenvalue weighted by atomic mass is 10.1. The predicted octanol–water partition coefficient (Wildman–Crippen LogP) is -12.9. The number of hydrogen-bond acceptors (Lipinski definition) is 49. The molecule has 778 valence electrons. The molecule has 7 aliphatic heterocycles. The molecule has 0 aromatic carbocycles. The average Bonchev–Trinajstić information content (AvgIpc) is 1.65. The first-order chi connectivity index (χ1) is 65.9. The van der Waals surface area contributed by atoms with Crippen molar-refractivity contribution in [2.45, 2.75) is 172 Å². The van der Waals surface area contributed by atoms with Crippen molar-refractivity contribution in [1.82, 2.24) is 66.9 Å². The van der Waals surface area contributed by atoms with Crippen LogP contribution in [0.2, 0.25) is 0 Å². The van der Waals surface area contributed by atoms with E-state index < -0.39 is 352 Å². The van der Waals surface area contributed by atoms with E-state index in [4.69, 9.17) is 87.4 Å². The van der Waals surface area contributed by atoms with Crippen LogP contribution in [0.15, 0.2) is 153 Å². The molecule has 0 amide bonds. The van der Waals surface area contributed by atoms with Gasteiger partial charge in [-0.1, -0.05) is 0 Å². The second kappa shape index (κ2) is 42.5. The Bertz CT molecular complexity index is 6960. The van der Waals surface area contributed by atoms with Gasteiger partial charge in [-0.15, -0.1) is 0 Å². The number of aromatic nitrogens is 14. The van der Waals surface area contributed by atoms with Crippen molar-refractivity contribution in [2.24, 2.45) is 0 Å². The molecule has 7 aromatic heterocycles. The van der Waals surface area contributed by atoms with Crippen LogP contribution in [-0.4, -0.2) is 321 Å². The molecule has 0 saturated carbocycles. The molecule has 0 radical (unpaired) electrons. The summed E-state index contributed by atoms with van der Waals surface area (Å²) in [6, 6.07) is 4.96. The molecule has 6 unspecified atom stereocenters. The molecular weight excluding hydrogens is 2080 g/mol. The molecule has 0 bridgehead atoms. The third kappa shape index (κ3) is 25.2. The lowest BCUT2D eigenvalue weighted by Crippen LogP contribution is -2.40. The Morgan fingerprint density at radius 3 is 0.518 bits per heavy atom. The van der Waals surface area contributed by atoms with Crippen molar-refractivity contribution in [3.63, 3.8) is 0 Å². The summed E-state index contributed by atoms with van der Waals surface area (Å²) in [5.74, 6) is 0. The number of nitrogens with zero attached hydrogens (tertiary/aromatic N) is 7. The highest BCUT2D eigenvalue weighted by Gasteiger charge is 2.59. The maximum atomic E-state index is 14.4. The van der Waals surface area contributed by atoms with Gasteiger partial charge >= 0.3 is 94.6 Å². The maximum Gasteiger partial charge on any atom is 0.472 e. The zero-order valence-corrected chi connectivity index (χ0v) is 76.1. The highest BCUT2D eigenvalue weighted by atomic mass is 31.2. The van der Waals surface area contributed by atoms with Gasteiger partial charge in [0, 0.05) is 85.8 Å². The Hall–Kier alpha value is -9.07. The Kier molecular flexibility index (Phi) is 32.5. The van der Waals surface area contributed by atoms with Crippen molar-refractivity contribution < 1.29 is 204 Å². The van der Waals surface area contributed by atoms with Crippen LogP contribution in [-0.2, 0) is 124 Å². The van der Waals surface area contributed by atoms with Crippen LogP contribution < -0.4 is 78.7 Å². The van der Waals surface area contributed by atoms with Gasteiger partial charge in [-0.05, 0) is 0 Å². The molecule has 71 nitrogen and oxygen atoms in total. The van der Waals surface area contributed by atoms with Gasteiger partial charge in [0.05, 0.1) is 46.2 Å². The molecule has 7 aliphatic rings. The molecule has 141 heavy (non-hydrogen) atoms. The van der Waals surface area contributed by atoms with E-state index in [0.717, 1.165) is 30.7 Å². The molecule has 34 atom stereocenters. The van der Waals surface area contributed by atoms with Gasteiger partial charge in [-0.2, -0.15) is 0 Å². The summed E-state index contributed by atoms with van der Waals surface area (Å²) >= 11 is 0. The minimum absolute atomic E-state index is 0.386. The second-order valence-electron chi connectivity index (χ2n) is 30.8. The van der Waals surface area contributed by atoms with Crippen molar-refractivity contribution in [3.8, 4) is 0 Å². The monoisotopic (exact) mass is 2160 g/mol. The summed E-state index contributed by atoms with van der Waals surface area (Å²) in [6.07, 6.45) is -59.2. The number of phosphoric ester groups is 7. The number of aliphatic hydroxyl groups is 8. The van der Waals surface area contributed by atoms with Crippen LogP contribution in [0.5, 0.6) is 0 Å². The standard InChI is InChI=1S/C63H79N14O57P7/c78-29-1-8-71(57(93)64-29)50-37(86)36(85)22(122-50)15-116-136(103,104)130-45-24(124-52(39(45)88)73-10-3-31(80)66-59(73)95)17-118-138(107,108)132-47-26(126-54(41(47)90)75-12-5-33(82)68-61(75)97)19-120-140(111,112)134-49-28(128-56(43(49)92)77-14-7-35(84)70-63(77)99)21-121-141(113,114)133-48-27(127-55(42(48)91)76-13-6-34(83)69-62(76)98)20-119-139(109,110)131-46-25(125-53(40(46)89)74-11-4-32(81)67-60(74)96)18-117-137(105,106)129-44-23(16-115-135(100,101)102)123-51(38(44)87)72-9-2-30(79)65-58(72)94/h1-14,22-28,36-56,85-92H,15-21H2,(H,103,104)(H,105,106)(H,107,108)(H,109,110)(H,111,112)(H,113,114)(H,64,78,93)(H,65,79,94)(H,66,80,95)(H,67,81,96)(H,68,82,97)(H,69,83,98)(H,70,84,99)(H2,100,101,102)/t22-,23-,24-,25-,26-,27-,28-,36-,37-,38-,39-,40-,41-,42-,43-,44-,45-,46-,47-,48-,49-,50-,51-,52-,53-,54-,55-,56-/m1/s1. The predicted molar refractivity (Wildman–Crippen MR) is 437 cm³/mol. The first kappa shape index (κ1) is 108. The fraction of sp³-hybridized carbons (Fsp3) is 0.556. The van der Waals surface area contributed by atoms with Gasteiger partial charge in [0.1, 0.15) is 128 Å². The van der Waals surface area contributed by atoms with E-state index >= 15 is 0 Å². The van der Waals surface area contributed by atoms with Gasteiger partial charge in [-0.25, -0.2) is 65.5 Å². The number of hydrogen-bond donors (Lipinski definition) is 23. The van der Waals surface area contributed by atoms with Gasteiger partial charge in [-0.3, -0.25) is 159 Å². The van der Waals surface area contributed by atoms with Crippen LogP contribution in [0.25, 0.3) is 0 Å². The summed E-state index contributed by atoms with van der Waals surface area (Å²) < 4.78 is 206. The summed E-state index contributed by atoms with van der Waals surface area (Å²) in [5.41, 5.74) is -16.6. The molecule has 14 heterocycles. The number of phosphoric acid groups is 7. The smallest absolute Gasteiger partial charge is 0.387 e. The van der Waals surface area contributed by atoms with Gasteiger partial charge in [0.2, 0.25) is 0 Å². The van der Waals surface area contributed by atoms with E-state index in [0.29, 0.717) is 87.1 Å². The van der Waals surface area contributed by atoms with Crippen molar-refractivity contribution in [3.05, 3.63) is 232 Å². The summed E-state index contributed by atoms with van der Waals surface area (Å²) in [4.78, 5) is 275.